The summed E-state index contributed by atoms with van der Waals surface area (Å²) in [7, 11) is 0. The summed E-state index contributed by atoms with van der Waals surface area (Å²) < 4.78 is 0. The third kappa shape index (κ3) is 5.03. The lowest BCUT2D eigenvalue weighted by atomic mass is 10.1. The Balaban J connectivity index is 1.99. The van der Waals surface area contributed by atoms with E-state index in [2.05, 4.69) is 18.2 Å². The van der Waals surface area contributed by atoms with Crippen LogP contribution in [-0.4, -0.2) is 11.7 Å². The fraction of sp³-hybridized carbons (Fsp3) is 0.538. The molecule has 1 rings (SSSR count). The lowest BCUT2D eigenvalue weighted by molar-refractivity contribution is 0.282. The van der Waals surface area contributed by atoms with Gasteiger partial charge in [0.05, 0.1) is 0 Å². The molecule has 77 valence electrons. The van der Waals surface area contributed by atoms with E-state index in [1.807, 2.05) is 12.1 Å². The first-order chi connectivity index (χ1) is 6.93. The number of aliphatic hydroxyl groups excluding tert-OH is 1. The largest absolute Gasteiger partial charge is 0.396 e. The normalized spacial score (nSPS) is 10.4. The maximum Gasteiger partial charge on any atom is 0.0431 e. The summed E-state index contributed by atoms with van der Waals surface area (Å²) in [5.41, 5.74) is 1.31. The van der Waals surface area contributed by atoms with Gasteiger partial charge in [-0.1, -0.05) is 43.5 Å². The van der Waals surface area contributed by atoms with Crippen molar-refractivity contribution in [2.75, 3.05) is 6.61 Å². The van der Waals surface area contributed by atoms with Gasteiger partial charge in [0.1, 0.15) is 0 Å². The third-order valence-corrected chi connectivity index (χ3v) is 2.38. The smallest absolute Gasteiger partial charge is 0.0431 e. The molecule has 1 aromatic carbocycles. The maximum absolute atomic E-state index is 8.60. The van der Waals surface area contributed by atoms with Crippen molar-refractivity contribution in [2.45, 2.75) is 38.5 Å². The van der Waals surface area contributed by atoms with E-state index in [-0.39, 0.29) is 0 Å². The molecule has 1 aromatic rings. The molecule has 0 atom stereocenters. The second-order valence-corrected chi connectivity index (χ2v) is 3.63. The third-order valence-electron chi connectivity index (χ3n) is 2.38. The van der Waals surface area contributed by atoms with Gasteiger partial charge in [-0.3, -0.25) is 0 Å². The lowest BCUT2D eigenvalue weighted by Crippen LogP contribution is -1.87. The van der Waals surface area contributed by atoms with Crippen molar-refractivity contribution in [3.05, 3.63) is 35.9 Å². The average molecular weight is 191 g/mol. The van der Waals surface area contributed by atoms with E-state index in [9.17, 15) is 0 Å². The van der Waals surface area contributed by atoms with E-state index >= 15 is 0 Å². The summed E-state index contributed by atoms with van der Waals surface area (Å²) in [6, 6.07) is 11.4. The van der Waals surface area contributed by atoms with E-state index in [0.29, 0.717) is 6.61 Å². The van der Waals surface area contributed by atoms with Crippen LogP contribution >= 0.6 is 0 Å². The molecular weight excluding hydrogens is 172 g/mol. The van der Waals surface area contributed by atoms with Gasteiger partial charge in [-0.15, -0.1) is 0 Å². The van der Waals surface area contributed by atoms with Gasteiger partial charge in [0.25, 0.3) is 0 Å². The highest BCUT2D eigenvalue weighted by atomic mass is 16.2. The molecule has 0 fully saturated rings. The topological polar surface area (TPSA) is 20.2 Å². The predicted octanol–water partition coefficient (Wildman–Crippen LogP) is 2.97. The van der Waals surface area contributed by atoms with Crippen molar-refractivity contribution in [1.82, 2.24) is 0 Å². The molecule has 0 amide bonds. The fourth-order valence-electron chi connectivity index (χ4n) is 1.54. The van der Waals surface area contributed by atoms with Crippen LogP contribution in [0.3, 0.4) is 0 Å². The zero-order chi connectivity index (χ0) is 10.1. The average Bonchev–Trinajstić information content (AvgIpc) is 2.25. The first-order valence-electron chi connectivity index (χ1n) is 5.50. The van der Waals surface area contributed by atoms with E-state index in [1.165, 1.54) is 24.8 Å². The Morgan fingerprint density at radius 1 is 1.00 bits per heavy atom. The molecule has 0 aromatic heterocycles. The van der Waals surface area contributed by atoms with Crippen LogP contribution in [0.4, 0.5) is 0 Å². The Morgan fingerprint density at radius 3 is 2.50 bits per heavy atom. The van der Waals surface area contributed by atoms with Gasteiger partial charge in [-0.2, -0.15) is 0 Å². The zero-order valence-corrected chi connectivity index (χ0v) is 8.71. The molecule has 0 saturated heterocycles. The zero-order valence-electron chi connectivity index (χ0n) is 8.71. The fourth-order valence-corrected chi connectivity index (χ4v) is 1.54. The summed E-state index contributed by atoms with van der Waals surface area (Å²) in [6.45, 7) is 0.340. The molecule has 0 unspecified atom stereocenters. The van der Waals surface area contributed by atoms with Gasteiger partial charge in [-0.25, -0.2) is 0 Å². The van der Waals surface area contributed by atoms with Crippen molar-refractivity contribution in [3.63, 3.8) is 0 Å². The molecule has 14 heavy (non-hydrogen) atoms. The minimum absolute atomic E-state index is 0.340. The highest BCUT2D eigenvalue weighted by Gasteiger charge is 1.92. The number of unbranched alkanes of at least 4 members (excludes halogenated alkanes) is 4. The van der Waals surface area contributed by atoms with Crippen molar-refractivity contribution < 1.29 is 5.11 Å². The summed E-state index contributed by atoms with van der Waals surface area (Å²) in [4.78, 5) is 0. The highest BCUT2D eigenvalue weighted by molar-refractivity contribution is 5.12. The van der Waals surface area contributed by atoms with Crippen LogP contribution in [0.25, 0.3) is 0 Å². The van der Waals surface area contributed by atoms with Crippen molar-refractivity contribution in [1.29, 1.82) is 0 Å². The van der Waals surface area contributed by atoms with Gasteiger partial charge in [0.2, 0.25) is 0 Å². The van der Waals surface area contributed by atoms with Crippen molar-refractivity contribution >= 4 is 0 Å². The van der Waals surface area contributed by atoms with Gasteiger partial charge in [0.15, 0.2) is 0 Å². The molecule has 0 heterocycles. The van der Waals surface area contributed by atoms with Gasteiger partial charge < -0.3 is 5.11 Å². The monoisotopic (exact) mass is 191 g/mol. The predicted molar refractivity (Wildman–Crippen MR) is 59.2 cm³/mol. The van der Waals surface area contributed by atoms with Gasteiger partial charge in [-0.05, 0) is 30.9 Å². The van der Waals surface area contributed by atoms with Crippen LogP contribution in [0.2, 0.25) is 0 Å². The Hall–Kier alpha value is -0.820. The summed E-state index contributed by atoms with van der Waals surface area (Å²) >= 11 is 0. The lowest BCUT2D eigenvalue weighted by Gasteiger charge is -2.00. The molecule has 0 aliphatic rings. The van der Waals surface area contributed by atoms with E-state index in [1.54, 1.807) is 0 Å². The molecular formula is C13H19O. The minimum Gasteiger partial charge on any atom is -0.396 e. The second kappa shape index (κ2) is 7.57. The number of hydrogen-bond acceptors (Lipinski definition) is 1. The van der Waals surface area contributed by atoms with Crippen LogP contribution in [0.5, 0.6) is 0 Å². The number of hydrogen-bond donors (Lipinski definition) is 1. The minimum atomic E-state index is 0.340. The molecule has 0 bridgehead atoms. The van der Waals surface area contributed by atoms with Gasteiger partial charge >= 0.3 is 0 Å². The van der Waals surface area contributed by atoms with Crippen LogP contribution < -0.4 is 0 Å². The quantitative estimate of drug-likeness (QED) is 0.657. The Bertz CT molecular complexity index is 218. The van der Waals surface area contributed by atoms with Crippen LogP contribution in [0, 0.1) is 6.07 Å². The van der Waals surface area contributed by atoms with Gasteiger partial charge in [0, 0.05) is 6.61 Å². The van der Waals surface area contributed by atoms with E-state index < -0.39 is 0 Å². The summed E-state index contributed by atoms with van der Waals surface area (Å²) in [6.07, 6.45) is 7.01. The standard InChI is InChI=1S/C13H19O/c14-12-8-3-1-2-5-9-13-10-6-4-7-11-13/h4,6-7,10,14H,1-3,5,8-9,12H2. The molecule has 1 nitrogen and oxygen atoms in total. The molecule has 0 aliphatic heterocycles. The van der Waals surface area contributed by atoms with Crippen LogP contribution in [0.15, 0.2) is 24.3 Å². The molecule has 1 heteroatoms. The highest BCUT2D eigenvalue weighted by Crippen LogP contribution is 2.07. The molecule has 0 saturated carbocycles. The number of benzene rings is 1. The van der Waals surface area contributed by atoms with Crippen LogP contribution in [-0.2, 0) is 6.42 Å². The Labute approximate surface area is 86.8 Å². The summed E-state index contributed by atoms with van der Waals surface area (Å²) in [5.74, 6) is 0. The number of aliphatic hydroxyl groups is 1. The van der Waals surface area contributed by atoms with Crippen molar-refractivity contribution in [3.8, 4) is 0 Å². The van der Waals surface area contributed by atoms with E-state index in [0.717, 1.165) is 19.3 Å². The molecule has 1 N–H and O–H groups in total. The summed E-state index contributed by atoms with van der Waals surface area (Å²) in [5, 5.41) is 8.60. The Morgan fingerprint density at radius 2 is 1.79 bits per heavy atom. The first-order valence-corrected chi connectivity index (χ1v) is 5.50. The van der Waals surface area contributed by atoms with Crippen molar-refractivity contribution in [2.24, 2.45) is 0 Å². The first kappa shape index (κ1) is 11.3. The molecule has 0 spiro atoms. The molecule has 1 radical (unpaired) electrons. The number of aryl methyl sites for hydroxylation is 1. The van der Waals surface area contributed by atoms with E-state index in [4.69, 9.17) is 5.11 Å². The SMILES string of the molecule is OCCCCCCCc1[c]cccc1. The second-order valence-electron chi connectivity index (χ2n) is 3.63. The molecule has 0 aliphatic carbocycles. The van der Waals surface area contributed by atoms with Crippen LogP contribution in [0.1, 0.15) is 37.7 Å². The Kier molecular flexibility index (Phi) is 6.09. The number of rotatable bonds is 7. The maximum atomic E-state index is 8.60.